The Labute approximate surface area is 946 Å². The third-order valence-electron chi connectivity index (χ3n) is 33.2. The largest absolute Gasteiger partial charge is 0.314 e. The zero-order valence-corrected chi connectivity index (χ0v) is 94.0. The summed E-state index contributed by atoms with van der Waals surface area (Å²) >= 11 is 0. The van der Waals surface area contributed by atoms with E-state index < -0.39 is 0 Å². The van der Waals surface area contributed by atoms with Crippen molar-refractivity contribution in [2.24, 2.45) is 76.9 Å². The number of nitrogens with one attached hydrogen (secondary N) is 1. The molecular weight excluding hydrogens is 1790 g/mol. The first-order chi connectivity index (χ1) is 67.5. The van der Waals surface area contributed by atoms with Crippen molar-refractivity contribution in [1.29, 1.82) is 0 Å². The lowest BCUT2D eigenvalue weighted by atomic mass is 9.65. The van der Waals surface area contributed by atoms with Gasteiger partial charge in [0.1, 0.15) is 0 Å². The van der Waals surface area contributed by atoms with Gasteiger partial charge in [-0.3, -0.25) is 4.98 Å². The summed E-state index contributed by atoms with van der Waals surface area (Å²) in [5, 5.41) is 3.62. The van der Waals surface area contributed by atoms with Gasteiger partial charge in [-0.15, -0.1) is 0 Å². The van der Waals surface area contributed by atoms with Crippen LogP contribution < -0.4 is 5.32 Å². The highest BCUT2D eigenvalue weighted by Crippen LogP contribution is 2.48. The fourth-order valence-electron chi connectivity index (χ4n) is 25.8. The van der Waals surface area contributed by atoms with E-state index in [1.54, 1.807) is 183 Å². The molecule has 29 rings (SSSR count). The molecule has 149 heavy (non-hydrogen) atoms. The predicted molar refractivity (Wildman–Crippen MR) is 701 cm³/mol. The highest BCUT2D eigenvalue weighted by molar-refractivity contribution is 5.78. The lowest BCUT2D eigenvalue weighted by molar-refractivity contribution is 0.116. The first-order valence-electron chi connectivity index (χ1n) is 61.4. The summed E-state index contributed by atoms with van der Waals surface area (Å²) in [6, 6.07) is 40.1. The Balaban J connectivity index is -0.000000173. The SMILES string of the molecule is C.C.C.C.C.C.C.C.C.C.C.C.C.C1=CC2CCCC(C1)CCC2.C1=CCCC1.C1=CCCCC1.C1CC2CC(C1)C2.C1CC2CCC1C2.C1CC2CCC1CC2.C1CC2CCCC(C1)CCC2.C1CCC2CCCCC2C1.C1CCC2NCCCC2C1.CC.CC.CC.CC.CC.CC.CC.CC.CC.CC1c2ccccc2-c2ccccc21.c1ccc2c(c1)CCC2.c1ccc2c(c1)CCCC2.c1cnc2c(c1)CCCC2. The summed E-state index contributed by atoms with van der Waals surface area (Å²) in [5.41, 5.74) is 14.8. The van der Waals surface area contributed by atoms with Gasteiger partial charge in [0.05, 0.1) is 0 Å². The second kappa shape index (κ2) is 110. The predicted octanol–water partition coefficient (Wildman–Crippen LogP) is 51.4. The van der Waals surface area contributed by atoms with Crippen molar-refractivity contribution in [3.63, 3.8) is 0 Å². The molecule has 2 nitrogen and oxygen atoms in total. The van der Waals surface area contributed by atoms with Crippen LogP contribution in [0.2, 0.25) is 0 Å². The average molecular weight is 2080 g/mol. The van der Waals surface area contributed by atoms with E-state index in [1.165, 1.54) is 314 Å². The van der Waals surface area contributed by atoms with E-state index in [1.807, 2.05) is 137 Å². The molecule has 24 aliphatic rings. The molecule has 5 aromatic rings. The number of rotatable bonds is 0. The molecule has 15 saturated carbocycles. The Bertz CT molecular complexity index is 3240. The summed E-state index contributed by atoms with van der Waals surface area (Å²) < 4.78 is 0. The Hall–Kier alpha value is -4.79. The Kier molecular flexibility index (Phi) is 121. The van der Waals surface area contributed by atoms with Crippen LogP contribution in [0, 0.1) is 76.9 Å². The van der Waals surface area contributed by atoms with Crippen LogP contribution in [0.4, 0.5) is 0 Å². The summed E-state index contributed by atoms with van der Waals surface area (Å²) in [5.74, 6) is 15.1. The van der Waals surface area contributed by atoms with Crippen LogP contribution in [-0.4, -0.2) is 17.6 Å². The molecule has 2 unspecified atom stereocenters. The number of nitrogens with zero attached hydrogens (tertiary/aromatic N) is 1. The highest BCUT2D eigenvalue weighted by atomic mass is 14.9. The van der Waals surface area contributed by atoms with Crippen molar-refractivity contribution in [3.8, 4) is 11.1 Å². The van der Waals surface area contributed by atoms with Gasteiger partial charge in [-0.1, -0.05) is 599 Å². The van der Waals surface area contributed by atoms with Gasteiger partial charge in [-0.05, 0) is 319 Å². The van der Waals surface area contributed by atoms with Crippen molar-refractivity contribution < 1.29 is 0 Å². The van der Waals surface area contributed by atoms with Crippen LogP contribution in [-0.2, 0) is 38.5 Å². The van der Waals surface area contributed by atoms with Crippen LogP contribution in [0.25, 0.3) is 11.1 Å². The van der Waals surface area contributed by atoms with Gasteiger partial charge in [0.25, 0.3) is 0 Å². The maximum absolute atomic E-state index is 4.32. The Morgan fingerprint density at radius 2 is 0.510 bits per heavy atom. The summed E-state index contributed by atoms with van der Waals surface area (Å²) in [6.45, 7) is 39.6. The van der Waals surface area contributed by atoms with E-state index in [4.69, 9.17) is 0 Å². The van der Waals surface area contributed by atoms with Crippen molar-refractivity contribution in [3.05, 3.63) is 196 Å². The third kappa shape index (κ3) is 65.9. The van der Waals surface area contributed by atoms with Gasteiger partial charge in [0, 0.05) is 23.9 Å². The molecule has 2 atom stereocenters. The molecule has 16 fully saturated rings. The van der Waals surface area contributed by atoms with Crippen molar-refractivity contribution >= 4 is 0 Å². The zero-order valence-electron chi connectivity index (χ0n) is 94.0. The molecule has 23 aliphatic carbocycles. The normalized spacial score (nSPS) is 24.4. The number of aromatic nitrogens is 1. The van der Waals surface area contributed by atoms with Crippen LogP contribution in [0.3, 0.4) is 0 Å². The average Bonchev–Trinajstić information content (AvgIpc) is 1.62. The molecule has 0 amide bonds. The fraction of sp³-hybridized carbons (Fsp3) is 0.762. The maximum atomic E-state index is 4.32. The van der Waals surface area contributed by atoms with Gasteiger partial charge >= 0.3 is 0 Å². The van der Waals surface area contributed by atoms with E-state index in [-0.39, 0.29) is 96.5 Å². The third-order valence-corrected chi connectivity index (χ3v) is 33.2. The maximum Gasteiger partial charge on any atom is 0.0435 e. The lowest BCUT2D eigenvalue weighted by Crippen LogP contribution is -2.42. The van der Waals surface area contributed by atoms with Crippen molar-refractivity contribution in [2.75, 3.05) is 6.54 Å². The standard InChI is InChI=1S/C14H12.C11H20.C11H18.C10H18.C10H12.C9H17N.C9H11N.C9H10.C8H14.2C7H12.C6H10.C5H8.9C2H6.13CH4/c1-10-11-6-2-4-8-13(11)14-9-5-3-7-12(10)14;2*1-4-10-6-2-7-11(5-1)9-3-8-10;2*1-2-6-10-8-4-3-7-9(10)5-1;2*1-2-6-9-8(4-1)5-3-7-10-9;1-2-5-9-7-3-6-8(9)4-1;1-2-8-5-3-7(1)4-6-8;1-2-7-4-3-6(1)5-7;1-2-6-4-7(3-1)5-6;1-2-4-6-5-3-1;1-2-4-5-3-1;9*1-2;;;;;;;;;;;;;/h2-10H,1H3;10-11H,1-9H2;1,4,10-11H,2-3,5-9H2;9-10H,1-8H2;1-2,5-6H,3-4,7-8H2;8-10H,1-7H2;3,5,7H,1-2,4,6H2;1-2,4-5H,3,6-7H2;7-8H,1-6H2;2*6-7H,1-5H2;1-2H,3-6H2;1-2H,3-5H2;9*1-2H3;13*1H4. The van der Waals surface area contributed by atoms with E-state index in [9.17, 15) is 0 Å². The fourth-order valence-corrected chi connectivity index (χ4v) is 25.8. The molecule has 0 radical (unpaired) electrons. The number of aryl methyl sites for hydroxylation is 6. The number of pyridine rings is 1. The number of hydrogen-bond donors (Lipinski definition) is 1. The first-order valence-corrected chi connectivity index (χ1v) is 61.4. The number of benzene rings is 4. The highest BCUT2D eigenvalue weighted by Gasteiger charge is 2.34. The smallest absolute Gasteiger partial charge is 0.0435 e. The minimum Gasteiger partial charge on any atom is -0.314 e. The molecule has 2 heteroatoms. The van der Waals surface area contributed by atoms with E-state index >= 15 is 0 Å². The zero-order chi connectivity index (χ0) is 98.5. The van der Waals surface area contributed by atoms with Crippen molar-refractivity contribution in [2.45, 2.75) is 651 Å². The van der Waals surface area contributed by atoms with Crippen LogP contribution in [0.1, 0.15) is 651 Å². The summed E-state index contributed by atoms with van der Waals surface area (Å²) in [7, 11) is 0. The second-order valence-electron chi connectivity index (χ2n) is 41.7. The quantitative estimate of drug-likeness (QED) is 0.156. The molecule has 1 aromatic heterocycles. The minimum atomic E-state index is 0. The molecule has 0 spiro atoms. The van der Waals surface area contributed by atoms with E-state index in [0.717, 1.165) is 59.3 Å². The topological polar surface area (TPSA) is 24.9 Å². The number of allylic oxidation sites excluding steroid dienone is 6. The molecule has 4 aromatic carbocycles. The molecule has 1 aliphatic heterocycles. The van der Waals surface area contributed by atoms with Gasteiger partial charge < -0.3 is 5.32 Å². The minimum absolute atomic E-state index is 0. The summed E-state index contributed by atoms with van der Waals surface area (Å²) in [6.07, 6.45) is 110. The van der Waals surface area contributed by atoms with Crippen LogP contribution in [0.15, 0.2) is 152 Å². The van der Waals surface area contributed by atoms with Gasteiger partial charge in [0.2, 0.25) is 0 Å². The number of piperidine rings is 1. The van der Waals surface area contributed by atoms with Gasteiger partial charge in [-0.25, -0.2) is 0 Å². The molecule has 10 bridgehead atoms. The van der Waals surface area contributed by atoms with Crippen molar-refractivity contribution in [1.82, 2.24) is 10.3 Å². The van der Waals surface area contributed by atoms with Gasteiger partial charge in [0.15, 0.2) is 0 Å². The van der Waals surface area contributed by atoms with Crippen LogP contribution >= 0.6 is 0 Å². The molecule has 878 valence electrons. The molecule has 2 heterocycles. The monoisotopic (exact) mass is 2070 g/mol. The lowest BCUT2D eigenvalue weighted by Gasteiger charge is -2.40. The number of fused-ring (bicyclic) bond motifs is 26. The first kappa shape index (κ1) is 164. The Morgan fingerprint density at radius 1 is 0.221 bits per heavy atom. The second-order valence-corrected chi connectivity index (χ2v) is 41.7. The Morgan fingerprint density at radius 3 is 0.839 bits per heavy atom. The van der Waals surface area contributed by atoms with E-state index in [0.29, 0.717) is 5.92 Å². The van der Waals surface area contributed by atoms with Crippen LogP contribution in [0.5, 0.6) is 0 Å². The molecule has 1 saturated heterocycles. The molecule has 1 N–H and O–H groups in total. The number of hydrogen-bond acceptors (Lipinski definition) is 2. The van der Waals surface area contributed by atoms with Gasteiger partial charge in [-0.2, -0.15) is 0 Å². The summed E-state index contributed by atoms with van der Waals surface area (Å²) in [4.78, 5) is 4.32. The molecular formula is C147H280N2. The van der Waals surface area contributed by atoms with E-state index in [2.05, 4.69) is 157 Å².